The summed E-state index contributed by atoms with van der Waals surface area (Å²) >= 11 is 5.56. The fraction of sp³-hybridized carbons (Fsp3) is 0.136. The predicted molar refractivity (Wildman–Crippen MR) is 119 cm³/mol. The Morgan fingerprint density at radius 2 is 1.58 bits per heavy atom. The number of hydrogen-bond acceptors (Lipinski definition) is 4. The van der Waals surface area contributed by atoms with Crippen molar-refractivity contribution >= 4 is 38.9 Å². The molecule has 0 bridgehead atoms. The maximum Gasteiger partial charge on any atom is 0.417 e. The van der Waals surface area contributed by atoms with Gasteiger partial charge in [0.05, 0.1) is 29.0 Å². The fourth-order valence-electron chi connectivity index (χ4n) is 2.87. The highest BCUT2D eigenvalue weighted by molar-refractivity contribution is 7.92. The Morgan fingerprint density at radius 3 is 2.15 bits per heavy atom. The van der Waals surface area contributed by atoms with Gasteiger partial charge in [-0.05, 0) is 60.2 Å². The highest BCUT2D eigenvalue weighted by atomic mass is 35.5. The molecule has 6 nitrogen and oxygen atoms in total. The van der Waals surface area contributed by atoms with Crippen molar-refractivity contribution in [2.24, 2.45) is 0 Å². The third-order valence-electron chi connectivity index (χ3n) is 4.50. The summed E-state index contributed by atoms with van der Waals surface area (Å²) in [7, 11) is -2.64. The van der Waals surface area contributed by atoms with Gasteiger partial charge in [-0.25, -0.2) is 8.42 Å². The number of sulfonamides is 1. The van der Waals surface area contributed by atoms with Gasteiger partial charge in [-0.1, -0.05) is 23.7 Å². The third-order valence-corrected chi connectivity index (χ3v) is 6.22. The third kappa shape index (κ3) is 6.39. The van der Waals surface area contributed by atoms with E-state index in [1.165, 1.54) is 31.4 Å². The zero-order chi connectivity index (χ0) is 24.2. The van der Waals surface area contributed by atoms with Crippen molar-refractivity contribution < 1.29 is 31.1 Å². The van der Waals surface area contributed by atoms with Crippen LogP contribution in [0, 0.1) is 0 Å². The van der Waals surface area contributed by atoms with E-state index in [0.717, 1.165) is 17.7 Å². The number of carbonyl (C=O) groups excluding carboxylic acids is 1. The molecule has 0 fully saturated rings. The Morgan fingerprint density at radius 1 is 0.970 bits per heavy atom. The Kier molecular flexibility index (Phi) is 7.19. The molecule has 0 radical (unpaired) electrons. The van der Waals surface area contributed by atoms with Gasteiger partial charge in [-0.15, -0.1) is 0 Å². The second-order valence-electron chi connectivity index (χ2n) is 6.90. The first-order valence-corrected chi connectivity index (χ1v) is 11.3. The number of carbonyl (C=O) groups is 1. The molecule has 33 heavy (non-hydrogen) atoms. The number of ether oxygens (including phenoxy) is 1. The van der Waals surface area contributed by atoms with Gasteiger partial charge in [-0.2, -0.15) is 13.2 Å². The molecule has 0 spiro atoms. The summed E-state index contributed by atoms with van der Waals surface area (Å²) in [5, 5.41) is 2.11. The van der Waals surface area contributed by atoms with E-state index < -0.39 is 26.8 Å². The molecule has 2 N–H and O–H groups in total. The summed E-state index contributed by atoms with van der Waals surface area (Å²) in [5.41, 5.74) is -0.320. The van der Waals surface area contributed by atoms with E-state index in [2.05, 4.69) is 10.0 Å². The zero-order valence-electron chi connectivity index (χ0n) is 17.1. The molecule has 0 saturated heterocycles. The Bertz CT molecular complexity index is 1250. The van der Waals surface area contributed by atoms with Gasteiger partial charge in [0.1, 0.15) is 5.75 Å². The van der Waals surface area contributed by atoms with E-state index in [1.54, 1.807) is 24.3 Å². The minimum Gasteiger partial charge on any atom is -0.497 e. The molecule has 174 valence electrons. The first-order valence-electron chi connectivity index (χ1n) is 9.40. The molecule has 11 heteroatoms. The van der Waals surface area contributed by atoms with Crippen LogP contribution >= 0.6 is 11.6 Å². The van der Waals surface area contributed by atoms with Gasteiger partial charge in [0, 0.05) is 11.4 Å². The summed E-state index contributed by atoms with van der Waals surface area (Å²) in [6.07, 6.45) is -4.63. The average Bonchev–Trinajstić information content (AvgIpc) is 2.75. The quantitative estimate of drug-likeness (QED) is 0.460. The number of alkyl halides is 3. The van der Waals surface area contributed by atoms with Crippen LogP contribution in [0.2, 0.25) is 5.02 Å². The van der Waals surface area contributed by atoms with E-state index in [9.17, 15) is 26.4 Å². The lowest BCUT2D eigenvalue weighted by Crippen LogP contribution is -2.16. The molecule has 1 amide bonds. The lowest BCUT2D eigenvalue weighted by molar-refractivity contribution is -0.137. The van der Waals surface area contributed by atoms with Crippen LogP contribution in [0.15, 0.2) is 71.6 Å². The Balaban J connectivity index is 1.67. The number of anilines is 2. The first kappa shape index (κ1) is 24.4. The molecule has 3 aromatic carbocycles. The fourth-order valence-corrected chi connectivity index (χ4v) is 4.15. The van der Waals surface area contributed by atoms with Gasteiger partial charge in [-0.3, -0.25) is 9.52 Å². The van der Waals surface area contributed by atoms with Crippen molar-refractivity contribution in [3.63, 3.8) is 0 Å². The molecule has 3 rings (SSSR count). The SMILES string of the molecule is COc1ccc(CC(=O)Nc2ccc(S(=O)(=O)Nc3ccc(Cl)c(C(F)(F)F)c3)cc2)cc1. The lowest BCUT2D eigenvalue weighted by atomic mass is 10.1. The average molecular weight is 499 g/mol. The molecule has 0 aliphatic carbocycles. The minimum atomic E-state index is -4.73. The van der Waals surface area contributed by atoms with E-state index >= 15 is 0 Å². The number of methoxy groups -OCH3 is 1. The number of amides is 1. The van der Waals surface area contributed by atoms with Gasteiger partial charge < -0.3 is 10.1 Å². The maximum atomic E-state index is 13.0. The molecule has 0 aromatic heterocycles. The molecular weight excluding hydrogens is 481 g/mol. The second-order valence-corrected chi connectivity index (χ2v) is 8.98. The molecule has 0 atom stereocenters. The summed E-state index contributed by atoms with van der Waals surface area (Å²) in [5.74, 6) is 0.354. The van der Waals surface area contributed by atoms with Crippen molar-refractivity contribution in [1.82, 2.24) is 0 Å². The number of halogens is 4. The number of hydrogen-bond donors (Lipinski definition) is 2. The normalized spacial score (nSPS) is 11.7. The molecule has 0 aliphatic rings. The Hall–Kier alpha value is -3.24. The molecule has 0 aliphatic heterocycles. The number of nitrogens with one attached hydrogen (secondary N) is 2. The van der Waals surface area contributed by atoms with Crippen LogP contribution in [0.1, 0.15) is 11.1 Å². The van der Waals surface area contributed by atoms with Crippen LogP contribution in [0.5, 0.6) is 5.75 Å². The van der Waals surface area contributed by atoms with Gasteiger partial charge in [0.15, 0.2) is 0 Å². The van der Waals surface area contributed by atoms with Crippen LogP contribution in [-0.2, 0) is 27.4 Å². The summed E-state index contributed by atoms with van der Waals surface area (Å²) in [4.78, 5) is 12.0. The van der Waals surface area contributed by atoms with Crippen LogP contribution in [-0.4, -0.2) is 21.4 Å². The van der Waals surface area contributed by atoms with Crippen molar-refractivity contribution in [1.29, 1.82) is 0 Å². The predicted octanol–water partition coefficient (Wildman–Crippen LogP) is 5.35. The largest absolute Gasteiger partial charge is 0.497 e. The van der Waals surface area contributed by atoms with Crippen molar-refractivity contribution in [3.8, 4) is 5.75 Å². The van der Waals surface area contributed by atoms with E-state index in [0.29, 0.717) is 17.5 Å². The first-order chi connectivity index (χ1) is 15.5. The topological polar surface area (TPSA) is 84.5 Å². The lowest BCUT2D eigenvalue weighted by Gasteiger charge is -2.13. The van der Waals surface area contributed by atoms with Crippen LogP contribution in [0.4, 0.5) is 24.5 Å². The summed E-state index contributed by atoms with van der Waals surface area (Å²) in [6.45, 7) is 0. The maximum absolute atomic E-state index is 13.0. The summed E-state index contributed by atoms with van der Waals surface area (Å²) in [6, 6.07) is 14.9. The highest BCUT2D eigenvalue weighted by Crippen LogP contribution is 2.36. The standard InChI is InChI=1S/C22H18ClF3N2O4S/c1-32-17-7-2-14(3-8-17)12-21(29)27-15-4-9-18(10-5-15)33(30,31)28-16-6-11-20(23)19(13-16)22(24,25)26/h2-11,13,28H,12H2,1H3,(H,27,29). The second kappa shape index (κ2) is 9.72. The number of rotatable bonds is 7. The van der Waals surface area contributed by atoms with Gasteiger partial charge in [0.2, 0.25) is 5.91 Å². The van der Waals surface area contributed by atoms with E-state index in [1.807, 2.05) is 0 Å². The smallest absolute Gasteiger partial charge is 0.417 e. The minimum absolute atomic E-state index is 0.101. The molecule has 0 saturated carbocycles. The van der Waals surface area contributed by atoms with Gasteiger partial charge >= 0.3 is 6.18 Å². The molecule has 0 unspecified atom stereocenters. The number of benzene rings is 3. The highest BCUT2D eigenvalue weighted by Gasteiger charge is 2.33. The monoisotopic (exact) mass is 498 g/mol. The van der Waals surface area contributed by atoms with Crippen LogP contribution in [0.3, 0.4) is 0 Å². The van der Waals surface area contributed by atoms with E-state index in [-0.39, 0.29) is 22.9 Å². The Labute approximate surface area is 193 Å². The molecule has 3 aromatic rings. The van der Waals surface area contributed by atoms with Crippen LogP contribution in [0.25, 0.3) is 0 Å². The van der Waals surface area contributed by atoms with Gasteiger partial charge in [0.25, 0.3) is 10.0 Å². The van der Waals surface area contributed by atoms with E-state index in [4.69, 9.17) is 16.3 Å². The van der Waals surface area contributed by atoms with Crippen molar-refractivity contribution in [2.75, 3.05) is 17.1 Å². The summed E-state index contributed by atoms with van der Waals surface area (Å²) < 4.78 is 71.3. The molecule has 0 heterocycles. The van der Waals surface area contributed by atoms with Crippen molar-refractivity contribution in [2.45, 2.75) is 17.5 Å². The molecular formula is C22H18ClF3N2O4S. The van der Waals surface area contributed by atoms with Crippen LogP contribution < -0.4 is 14.8 Å². The zero-order valence-corrected chi connectivity index (χ0v) is 18.7. The van der Waals surface area contributed by atoms with Crippen molar-refractivity contribution in [3.05, 3.63) is 82.9 Å².